The molecule has 0 fully saturated rings. The molecule has 0 unspecified atom stereocenters. The van der Waals surface area contributed by atoms with Crippen LogP contribution in [0.4, 0.5) is 0 Å². The van der Waals surface area contributed by atoms with Crippen molar-refractivity contribution in [2.24, 2.45) is 0 Å². The molecule has 0 spiro atoms. The van der Waals surface area contributed by atoms with Crippen LogP contribution in [0.5, 0.6) is 0 Å². The fraction of sp³-hybridized carbons (Fsp3) is 0.643. The SMILES string of the molecule is CCCCCCCCCc1ccc2c(CCCCCCCCC)cc(S(=O)(=O)[O-])cc2c1.CCCCCCCCCc1ccc2c(CCCCCCCCC)cc(S(=O)(=O)[O-])cc2c1.[Zn+2]. The van der Waals surface area contributed by atoms with Gasteiger partial charge in [0.05, 0.1) is 9.79 Å². The topological polar surface area (TPSA) is 114 Å². The molecule has 0 heterocycles. The zero-order valence-electron chi connectivity index (χ0n) is 41.4. The Hall–Kier alpha value is -2.16. The molecule has 0 saturated carbocycles. The van der Waals surface area contributed by atoms with E-state index in [0.29, 0.717) is 0 Å². The second-order valence-corrected chi connectivity index (χ2v) is 21.4. The molecule has 360 valence electrons. The van der Waals surface area contributed by atoms with Crippen molar-refractivity contribution in [3.63, 3.8) is 0 Å². The Kier molecular flexibility index (Phi) is 31.0. The largest absolute Gasteiger partial charge is 2.00 e. The summed E-state index contributed by atoms with van der Waals surface area (Å²) in [4.78, 5) is -0.174. The summed E-state index contributed by atoms with van der Waals surface area (Å²) in [5.74, 6) is 0. The number of aryl methyl sites for hydroxylation is 4. The summed E-state index contributed by atoms with van der Waals surface area (Å²) >= 11 is 0. The Labute approximate surface area is 410 Å². The van der Waals surface area contributed by atoms with E-state index in [2.05, 4.69) is 64.1 Å². The molecule has 4 aromatic rings. The van der Waals surface area contributed by atoms with Gasteiger partial charge in [-0.05, 0) is 119 Å². The van der Waals surface area contributed by atoms with Crippen LogP contribution in [-0.2, 0) is 65.4 Å². The molecule has 0 saturated heterocycles. The van der Waals surface area contributed by atoms with Crippen LogP contribution in [0.2, 0.25) is 0 Å². The number of fused-ring (bicyclic) bond motifs is 2. The van der Waals surface area contributed by atoms with Crippen molar-refractivity contribution in [2.45, 2.75) is 243 Å². The normalized spacial score (nSPS) is 11.8. The van der Waals surface area contributed by atoms with Crippen molar-refractivity contribution >= 4 is 41.8 Å². The van der Waals surface area contributed by atoms with Crippen LogP contribution in [0.3, 0.4) is 0 Å². The van der Waals surface area contributed by atoms with E-state index in [1.807, 2.05) is 0 Å². The summed E-state index contributed by atoms with van der Waals surface area (Å²) in [5, 5.41) is 3.96. The van der Waals surface area contributed by atoms with E-state index < -0.39 is 20.2 Å². The summed E-state index contributed by atoms with van der Waals surface area (Å²) in [6, 6.07) is 19.2. The number of hydrogen-bond acceptors (Lipinski definition) is 6. The van der Waals surface area contributed by atoms with Crippen LogP contribution in [0.1, 0.15) is 230 Å². The van der Waals surface area contributed by atoms with Gasteiger partial charge in [-0.25, -0.2) is 16.8 Å². The average Bonchev–Trinajstić information content (AvgIpc) is 3.27. The van der Waals surface area contributed by atoms with E-state index in [0.717, 1.165) is 96.9 Å². The van der Waals surface area contributed by atoms with E-state index >= 15 is 0 Å². The molecule has 65 heavy (non-hydrogen) atoms. The number of unbranched alkanes of at least 4 members (excludes halogenated alkanes) is 24. The first kappa shape index (κ1) is 59.0. The van der Waals surface area contributed by atoms with Crippen molar-refractivity contribution in [1.29, 1.82) is 0 Å². The summed E-state index contributed by atoms with van der Waals surface area (Å²) in [6.45, 7) is 8.93. The Balaban J connectivity index is 0.000000440. The molecule has 6 nitrogen and oxygen atoms in total. The van der Waals surface area contributed by atoms with Crippen LogP contribution in [0.15, 0.2) is 70.5 Å². The van der Waals surface area contributed by atoms with Gasteiger partial charge in [0.15, 0.2) is 0 Å². The van der Waals surface area contributed by atoms with Crippen molar-refractivity contribution in [3.8, 4) is 0 Å². The third kappa shape index (κ3) is 24.1. The minimum absolute atomic E-state index is 0. The first-order valence-electron chi connectivity index (χ1n) is 25.9. The number of hydrogen-bond donors (Lipinski definition) is 0. The third-order valence-electron chi connectivity index (χ3n) is 13.0. The van der Waals surface area contributed by atoms with Gasteiger partial charge >= 0.3 is 19.5 Å². The summed E-state index contributed by atoms with van der Waals surface area (Å²) in [5.41, 5.74) is 4.45. The van der Waals surface area contributed by atoms with Gasteiger partial charge in [0, 0.05) is 0 Å². The number of rotatable bonds is 34. The van der Waals surface area contributed by atoms with Crippen LogP contribution in [-0.4, -0.2) is 25.9 Å². The minimum atomic E-state index is -4.46. The van der Waals surface area contributed by atoms with Crippen molar-refractivity contribution in [2.75, 3.05) is 0 Å². The molecule has 0 aromatic heterocycles. The quantitative estimate of drug-likeness (QED) is 0.0262. The molecular formula is C56H86O6S2Zn. The fourth-order valence-corrected chi connectivity index (χ4v) is 10.2. The van der Waals surface area contributed by atoms with Crippen LogP contribution in [0, 0.1) is 0 Å². The van der Waals surface area contributed by atoms with Gasteiger partial charge in [0.2, 0.25) is 0 Å². The number of benzene rings is 4. The van der Waals surface area contributed by atoms with Gasteiger partial charge in [0.25, 0.3) is 0 Å². The smallest absolute Gasteiger partial charge is 0.744 e. The first-order valence-corrected chi connectivity index (χ1v) is 28.8. The predicted octanol–water partition coefficient (Wildman–Crippen LogP) is 16.7. The molecule has 0 aliphatic rings. The average molecular weight is 985 g/mol. The van der Waals surface area contributed by atoms with Gasteiger partial charge in [-0.3, -0.25) is 0 Å². The molecule has 0 radical (unpaired) electrons. The van der Waals surface area contributed by atoms with Crippen molar-refractivity contribution in [1.82, 2.24) is 0 Å². The molecule has 4 aromatic carbocycles. The Bertz CT molecular complexity index is 1960. The fourth-order valence-electron chi connectivity index (χ4n) is 9.07. The summed E-state index contributed by atoms with van der Waals surface area (Å²) in [7, 11) is -8.91. The molecule has 0 aliphatic heterocycles. The molecule has 4 rings (SSSR count). The minimum Gasteiger partial charge on any atom is -0.744 e. The monoisotopic (exact) mass is 983 g/mol. The van der Waals surface area contributed by atoms with E-state index in [-0.39, 0.29) is 29.3 Å². The molecule has 0 bridgehead atoms. The maximum atomic E-state index is 11.8. The first-order chi connectivity index (χ1) is 30.9. The molecule has 0 aliphatic carbocycles. The molecule has 0 N–H and O–H groups in total. The Morgan fingerprint density at radius 2 is 0.600 bits per heavy atom. The van der Waals surface area contributed by atoms with E-state index in [1.54, 1.807) is 24.3 Å². The predicted molar refractivity (Wildman–Crippen MR) is 271 cm³/mol. The summed E-state index contributed by atoms with van der Waals surface area (Å²) < 4.78 is 70.5. The maximum Gasteiger partial charge on any atom is 2.00 e. The standard InChI is InChI=1S/2C28H44O3S.Zn/c2*1-3-5-7-9-11-13-15-17-24-19-20-28-25(18-16-14-12-10-8-6-4-2)22-27(32(29,30)31)23-26(28)21-24;/h2*19-23H,3-18H2,1-2H3,(H,29,30,31);/q;;+2/p-2. The van der Waals surface area contributed by atoms with Gasteiger partial charge in [-0.15, -0.1) is 0 Å². The van der Waals surface area contributed by atoms with Crippen LogP contribution in [0.25, 0.3) is 21.5 Å². The zero-order chi connectivity index (χ0) is 46.5. The summed E-state index contributed by atoms with van der Waals surface area (Å²) in [6.07, 6.45) is 38.6. The van der Waals surface area contributed by atoms with E-state index in [4.69, 9.17) is 0 Å². The second kappa shape index (κ2) is 34.2. The second-order valence-electron chi connectivity index (χ2n) is 18.7. The van der Waals surface area contributed by atoms with Gasteiger partial charge in [0.1, 0.15) is 20.2 Å². The molecule has 0 atom stereocenters. The molecule has 9 heteroatoms. The van der Waals surface area contributed by atoms with Gasteiger partial charge < -0.3 is 9.11 Å². The van der Waals surface area contributed by atoms with Crippen LogP contribution < -0.4 is 0 Å². The molecule has 0 amide bonds. The van der Waals surface area contributed by atoms with Crippen molar-refractivity contribution < 1.29 is 45.4 Å². The Morgan fingerprint density at radius 1 is 0.338 bits per heavy atom. The molecular weight excluding hydrogens is 898 g/mol. The Morgan fingerprint density at radius 3 is 0.877 bits per heavy atom. The van der Waals surface area contributed by atoms with Crippen molar-refractivity contribution in [3.05, 3.63) is 82.9 Å². The maximum absolute atomic E-state index is 11.8. The van der Waals surface area contributed by atoms with E-state index in [1.165, 1.54) is 152 Å². The van der Waals surface area contributed by atoms with Crippen LogP contribution >= 0.6 is 0 Å². The zero-order valence-corrected chi connectivity index (χ0v) is 46.0. The van der Waals surface area contributed by atoms with Gasteiger partial charge in [-0.1, -0.05) is 218 Å². The van der Waals surface area contributed by atoms with Gasteiger partial charge in [-0.2, -0.15) is 0 Å². The van der Waals surface area contributed by atoms with E-state index in [9.17, 15) is 25.9 Å². The third-order valence-corrected chi connectivity index (χ3v) is 14.6.